The van der Waals surface area contributed by atoms with Crippen molar-refractivity contribution in [1.82, 2.24) is 9.88 Å². The number of nitrogens with zero attached hydrogens (tertiary/aromatic N) is 2. The van der Waals surface area contributed by atoms with Gasteiger partial charge in [0.05, 0.1) is 10.9 Å². The molecule has 0 radical (unpaired) electrons. The largest absolute Gasteiger partial charge is 0.444 e. The number of rotatable bonds is 2. The van der Waals surface area contributed by atoms with Gasteiger partial charge in [-0.25, -0.2) is 9.78 Å². The molecule has 1 aliphatic rings. The normalized spacial score (nSPS) is 18.2. The molecule has 24 heavy (non-hydrogen) atoms. The summed E-state index contributed by atoms with van der Waals surface area (Å²) < 4.78 is 5.38. The number of anilines is 1. The van der Waals surface area contributed by atoms with Crippen molar-refractivity contribution >= 4 is 29.4 Å². The monoisotopic (exact) mass is 353 g/mol. The smallest absolute Gasteiger partial charge is 0.410 e. The van der Waals surface area contributed by atoms with Crippen molar-refractivity contribution in [3.05, 3.63) is 22.8 Å². The van der Waals surface area contributed by atoms with Crippen LogP contribution in [0.5, 0.6) is 0 Å². The Kier molecular flexibility index (Phi) is 5.70. The van der Waals surface area contributed by atoms with Crippen LogP contribution < -0.4 is 5.32 Å². The van der Waals surface area contributed by atoms with Crippen LogP contribution in [0.1, 0.15) is 39.2 Å². The van der Waals surface area contributed by atoms with Crippen LogP contribution in [-0.4, -0.2) is 40.6 Å². The van der Waals surface area contributed by atoms with Crippen LogP contribution in [0.15, 0.2) is 12.3 Å². The van der Waals surface area contributed by atoms with Gasteiger partial charge < -0.3 is 15.0 Å². The summed E-state index contributed by atoms with van der Waals surface area (Å²) in [4.78, 5) is 30.3. The predicted octanol–water partition coefficient (Wildman–Crippen LogP) is 3.63. The summed E-state index contributed by atoms with van der Waals surface area (Å²) >= 11 is 5.94. The fourth-order valence-corrected chi connectivity index (χ4v) is 2.62. The number of halogens is 1. The van der Waals surface area contributed by atoms with Crippen LogP contribution in [0.2, 0.25) is 5.02 Å². The van der Waals surface area contributed by atoms with Gasteiger partial charge in [0.2, 0.25) is 5.91 Å². The summed E-state index contributed by atoms with van der Waals surface area (Å²) in [6.45, 7) is 8.30. The maximum absolute atomic E-state index is 12.5. The van der Waals surface area contributed by atoms with E-state index in [-0.39, 0.29) is 17.9 Å². The van der Waals surface area contributed by atoms with Crippen LogP contribution in [0, 0.1) is 12.8 Å². The number of pyridine rings is 1. The second-order valence-electron chi connectivity index (χ2n) is 7.07. The van der Waals surface area contributed by atoms with E-state index in [1.165, 1.54) is 6.20 Å². The van der Waals surface area contributed by atoms with E-state index in [1.807, 2.05) is 27.7 Å². The molecule has 1 aliphatic heterocycles. The number of ether oxygens (including phenoxy) is 1. The van der Waals surface area contributed by atoms with Crippen molar-refractivity contribution in [3.8, 4) is 0 Å². The Bertz CT molecular complexity index is 628. The average molecular weight is 354 g/mol. The number of amides is 2. The Morgan fingerprint density at radius 2 is 2.12 bits per heavy atom. The van der Waals surface area contributed by atoms with E-state index in [1.54, 1.807) is 11.0 Å². The number of hydrogen-bond donors (Lipinski definition) is 1. The van der Waals surface area contributed by atoms with Gasteiger partial charge >= 0.3 is 6.09 Å². The molecule has 0 aliphatic carbocycles. The number of aromatic nitrogens is 1. The van der Waals surface area contributed by atoms with E-state index < -0.39 is 5.60 Å². The molecular weight excluding hydrogens is 330 g/mol. The zero-order valence-electron chi connectivity index (χ0n) is 14.6. The number of likely N-dealkylation sites (tertiary alicyclic amines) is 1. The van der Waals surface area contributed by atoms with Crippen LogP contribution in [-0.2, 0) is 9.53 Å². The third-order valence-corrected chi connectivity index (χ3v) is 4.14. The molecule has 2 heterocycles. The summed E-state index contributed by atoms with van der Waals surface area (Å²) in [7, 11) is 0. The van der Waals surface area contributed by atoms with Gasteiger partial charge in [0.1, 0.15) is 11.4 Å². The van der Waals surface area contributed by atoms with E-state index in [0.29, 0.717) is 23.9 Å². The molecule has 7 heteroatoms. The first kappa shape index (κ1) is 18.5. The van der Waals surface area contributed by atoms with Crippen molar-refractivity contribution in [1.29, 1.82) is 0 Å². The summed E-state index contributed by atoms with van der Waals surface area (Å²) in [5.74, 6) is 0.0535. The lowest BCUT2D eigenvalue weighted by atomic mass is 9.97. The third-order valence-electron chi connectivity index (χ3n) is 3.74. The second-order valence-corrected chi connectivity index (χ2v) is 7.48. The molecule has 0 saturated carbocycles. The van der Waals surface area contributed by atoms with Crippen LogP contribution in [0.3, 0.4) is 0 Å². The lowest BCUT2D eigenvalue weighted by Gasteiger charge is -2.33. The van der Waals surface area contributed by atoms with Crippen molar-refractivity contribution in [2.24, 2.45) is 5.92 Å². The minimum absolute atomic E-state index is 0.141. The average Bonchev–Trinajstić information content (AvgIpc) is 2.49. The van der Waals surface area contributed by atoms with Gasteiger partial charge in [-0.1, -0.05) is 11.6 Å². The maximum Gasteiger partial charge on any atom is 0.410 e. The fraction of sp³-hybridized carbons (Fsp3) is 0.588. The van der Waals surface area contributed by atoms with Crippen LogP contribution >= 0.6 is 11.6 Å². The van der Waals surface area contributed by atoms with Crippen molar-refractivity contribution in [3.63, 3.8) is 0 Å². The highest BCUT2D eigenvalue weighted by Gasteiger charge is 2.31. The number of carbonyl (C=O) groups is 2. The minimum Gasteiger partial charge on any atom is -0.444 e. The molecule has 0 unspecified atom stereocenters. The highest BCUT2D eigenvalue weighted by Crippen LogP contribution is 2.22. The Balaban J connectivity index is 1.97. The Morgan fingerprint density at radius 1 is 1.42 bits per heavy atom. The molecular formula is C17H24ClN3O3. The number of hydrogen-bond acceptors (Lipinski definition) is 4. The lowest BCUT2D eigenvalue weighted by molar-refractivity contribution is -0.121. The first-order chi connectivity index (χ1) is 11.2. The van der Waals surface area contributed by atoms with E-state index in [0.717, 1.165) is 18.4 Å². The molecule has 2 amide bonds. The third kappa shape index (κ3) is 5.09. The molecule has 0 bridgehead atoms. The van der Waals surface area contributed by atoms with Gasteiger partial charge in [-0.2, -0.15) is 0 Å². The topological polar surface area (TPSA) is 71.5 Å². The summed E-state index contributed by atoms with van der Waals surface area (Å²) in [6.07, 6.45) is 2.64. The van der Waals surface area contributed by atoms with Gasteiger partial charge in [-0.05, 0) is 52.2 Å². The molecule has 0 spiro atoms. The summed E-state index contributed by atoms with van der Waals surface area (Å²) in [5, 5.41) is 3.36. The Labute approximate surface area is 147 Å². The number of carbonyl (C=O) groups excluding carboxylic acids is 2. The van der Waals surface area contributed by atoms with Gasteiger partial charge in [-0.3, -0.25) is 4.79 Å². The lowest BCUT2D eigenvalue weighted by Crippen LogP contribution is -2.45. The number of piperidine rings is 1. The van der Waals surface area contributed by atoms with E-state index in [9.17, 15) is 9.59 Å². The second kappa shape index (κ2) is 7.38. The standard InChI is InChI=1S/C17H24ClN3O3/c1-11-8-14(19-9-13(11)18)20-15(22)12-6-5-7-21(10-12)16(23)24-17(2,3)4/h8-9,12H,5-7,10H2,1-4H3,(H,19,20,22)/t12-/m1/s1. The quantitative estimate of drug-likeness (QED) is 0.881. The molecule has 1 N–H and O–H groups in total. The molecule has 1 aromatic rings. The molecule has 1 atom stereocenters. The van der Waals surface area contributed by atoms with Gasteiger partial charge in [0.25, 0.3) is 0 Å². The number of nitrogens with one attached hydrogen (secondary N) is 1. The SMILES string of the molecule is Cc1cc(NC(=O)[C@@H]2CCCN(C(=O)OC(C)(C)C)C2)ncc1Cl. The van der Waals surface area contributed by atoms with E-state index in [2.05, 4.69) is 10.3 Å². The predicted molar refractivity (Wildman–Crippen MR) is 93.1 cm³/mol. The van der Waals surface area contributed by atoms with Crippen molar-refractivity contribution < 1.29 is 14.3 Å². The molecule has 0 aromatic carbocycles. The zero-order chi connectivity index (χ0) is 17.9. The highest BCUT2D eigenvalue weighted by atomic mass is 35.5. The number of aryl methyl sites for hydroxylation is 1. The molecule has 1 fully saturated rings. The molecule has 132 valence electrons. The van der Waals surface area contributed by atoms with Crippen molar-refractivity contribution in [2.75, 3.05) is 18.4 Å². The Morgan fingerprint density at radius 3 is 2.75 bits per heavy atom. The Hall–Kier alpha value is -1.82. The van der Waals surface area contributed by atoms with Crippen LogP contribution in [0.4, 0.5) is 10.6 Å². The van der Waals surface area contributed by atoms with E-state index in [4.69, 9.17) is 16.3 Å². The van der Waals surface area contributed by atoms with Gasteiger partial charge in [0.15, 0.2) is 0 Å². The zero-order valence-corrected chi connectivity index (χ0v) is 15.3. The molecule has 6 nitrogen and oxygen atoms in total. The fourth-order valence-electron chi connectivity index (χ4n) is 2.52. The summed E-state index contributed by atoms with van der Waals surface area (Å²) in [6, 6.07) is 1.73. The van der Waals surface area contributed by atoms with Crippen molar-refractivity contribution in [2.45, 2.75) is 46.1 Å². The van der Waals surface area contributed by atoms with Gasteiger partial charge in [0, 0.05) is 19.3 Å². The first-order valence-corrected chi connectivity index (χ1v) is 8.44. The van der Waals surface area contributed by atoms with E-state index >= 15 is 0 Å². The highest BCUT2D eigenvalue weighted by molar-refractivity contribution is 6.31. The minimum atomic E-state index is -0.545. The summed E-state index contributed by atoms with van der Waals surface area (Å²) in [5.41, 5.74) is 0.304. The first-order valence-electron chi connectivity index (χ1n) is 8.06. The molecule has 1 saturated heterocycles. The van der Waals surface area contributed by atoms with Gasteiger partial charge in [-0.15, -0.1) is 0 Å². The molecule has 2 rings (SSSR count). The van der Waals surface area contributed by atoms with Crippen LogP contribution in [0.25, 0.3) is 0 Å². The maximum atomic E-state index is 12.5. The molecule has 1 aromatic heterocycles.